The number of aliphatic hydroxyl groups is 1. The van der Waals surface area contributed by atoms with E-state index in [1.165, 1.54) is 4.90 Å². The lowest BCUT2D eigenvalue weighted by atomic mass is 9.97. The fourth-order valence-corrected chi connectivity index (χ4v) is 2.57. The van der Waals surface area contributed by atoms with Crippen molar-refractivity contribution in [1.29, 1.82) is 0 Å². The summed E-state index contributed by atoms with van der Waals surface area (Å²) in [6.45, 7) is -0.141. The number of alkyl halides is 2. The molecule has 0 bridgehead atoms. The predicted molar refractivity (Wildman–Crippen MR) is 72.3 cm³/mol. The first kappa shape index (κ1) is 16.7. The van der Waals surface area contributed by atoms with Gasteiger partial charge in [0.2, 0.25) is 0 Å². The van der Waals surface area contributed by atoms with Gasteiger partial charge in [-0.25, -0.2) is 13.2 Å². The van der Waals surface area contributed by atoms with Crippen molar-refractivity contribution in [3.8, 4) is 0 Å². The minimum absolute atomic E-state index is 0.225. The number of non-ortho nitro benzene ring substituents is 1. The highest BCUT2D eigenvalue weighted by Gasteiger charge is 2.45. The molecular weight excluding hydrogens is 303 g/mol. The standard InChI is InChI=1S/C13H16F3N3O3/c14-11-2-1-9(19(21)22)7-10(11)12(13(15,16)8-20)18-5-3-17-4-6-18/h1-2,7,12,17,20H,3-6,8H2/t12-/m0/s1. The molecule has 1 aromatic carbocycles. The highest BCUT2D eigenvalue weighted by molar-refractivity contribution is 5.38. The van der Waals surface area contributed by atoms with Gasteiger partial charge in [-0.3, -0.25) is 15.0 Å². The molecule has 1 aliphatic heterocycles. The van der Waals surface area contributed by atoms with E-state index in [0.717, 1.165) is 18.2 Å². The number of nitro groups is 1. The molecule has 1 fully saturated rings. The van der Waals surface area contributed by atoms with Crippen molar-refractivity contribution < 1.29 is 23.2 Å². The molecule has 1 saturated heterocycles. The van der Waals surface area contributed by atoms with E-state index in [1.54, 1.807) is 0 Å². The summed E-state index contributed by atoms with van der Waals surface area (Å²) in [6.07, 6.45) is 0. The molecule has 0 saturated carbocycles. The Hall–Kier alpha value is -1.71. The van der Waals surface area contributed by atoms with Crippen molar-refractivity contribution in [3.63, 3.8) is 0 Å². The number of nitrogens with zero attached hydrogens (tertiary/aromatic N) is 2. The van der Waals surface area contributed by atoms with Gasteiger partial charge in [0.05, 0.1) is 4.92 Å². The van der Waals surface area contributed by atoms with Crippen molar-refractivity contribution in [2.24, 2.45) is 0 Å². The lowest BCUT2D eigenvalue weighted by molar-refractivity contribution is -0.385. The molecule has 9 heteroatoms. The quantitative estimate of drug-likeness (QED) is 0.632. The van der Waals surface area contributed by atoms with E-state index in [0.29, 0.717) is 13.1 Å². The summed E-state index contributed by atoms with van der Waals surface area (Å²) in [5.74, 6) is -4.57. The molecule has 2 N–H and O–H groups in total. The van der Waals surface area contributed by atoms with E-state index in [2.05, 4.69) is 5.32 Å². The van der Waals surface area contributed by atoms with Crippen molar-refractivity contribution in [3.05, 3.63) is 39.7 Å². The van der Waals surface area contributed by atoms with Crippen LogP contribution in [0.5, 0.6) is 0 Å². The van der Waals surface area contributed by atoms with Crippen molar-refractivity contribution in [1.82, 2.24) is 10.2 Å². The maximum atomic E-state index is 14.2. The molecule has 0 spiro atoms. The van der Waals surface area contributed by atoms with Crippen LogP contribution in [0.1, 0.15) is 11.6 Å². The normalized spacial score (nSPS) is 18.2. The molecule has 2 rings (SSSR count). The second kappa shape index (κ2) is 6.59. The van der Waals surface area contributed by atoms with Crippen LogP contribution >= 0.6 is 0 Å². The van der Waals surface area contributed by atoms with E-state index >= 15 is 0 Å². The number of hydrogen-bond donors (Lipinski definition) is 2. The zero-order valence-electron chi connectivity index (χ0n) is 11.6. The molecule has 22 heavy (non-hydrogen) atoms. The monoisotopic (exact) mass is 319 g/mol. The lowest BCUT2D eigenvalue weighted by Gasteiger charge is -2.38. The van der Waals surface area contributed by atoms with Gasteiger partial charge in [-0.2, -0.15) is 0 Å². The van der Waals surface area contributed by atoms with Crippen molar-refractivity contribution in [2.45, 2.75) is 12.0 Å². The Kier molecular flexibility index (Phi) is 4.99. The number of nitro benzene ring substituents is 1. The van der Waals surface area contributed by atoms with Crippen LogP contribution in [0, 0.1) is 15.9 Å². The van der Waals surface area contributed by atoms with Gasteiger partial charge in [-0.1, -0.05) is 0 Å². The summed E-state index contributed by atoms with van der Waals surface area (Å²) in [7, 11) is 0. The Morgan fingerprint density at radius 1 is 1.41 bits per heavy atom. The molecule has 1 aliphatic rings. The molecule has 1 heterocycles. The fourth-order valence-electron chi connectivity index (χ4n) is 2.57. The number of piperazine rings is 1. The maximum Gasteiger partial charge on any atom is 0.290 e. The van der Waals surface area contributed by atoms with E-state index in [-0.39, 0.29) is 13.1 Å². The van der Waals surface area contributed by atoms with E-state index in [4.69, 9.17) is 5.11 Å². The van der Waals surface area contributed by atoms with E-state index in [1.807, 2.05) is 0 Å². The highest BCUT2D eigenvalue weighted by Crippen LogP contribution is 2.38. The van der Waals surface area contributed by atoms with Crippen molar-refractivity contribution in [2.75, 3.05) is 32.8 Å². The molecule has 122 valence electrons. The first-order chi connectivity index (χ1) is 10.4. The minimum atomic E-state index is -3.62. The molecule has 1 atom stereocenters. The van der Waals surface area contributed by atoms with Gasteiger partial charge < -0.3 is 10.4 Å². The average Bonchev–Trinajstić information content (AvgIpc) is 2.50. The largest absolute Gasteiger partial charge is 0.390 e. The van der Waals surface area contributed by atoms with Gasteiger partial charge in [0.15, 0.2) is 0 Å². The van der Waals surface area contributed by atoms with Gasteiger partial charge in [-0.05, 0) is 6.07 Å². The van der Waals surface area contributed by atoms with Gasteiger partial charge in [0, 0.05) is 43.9 Å². The molecular formula is C13H16F3N3O3. The van der Waals surface area contributed by atoms with Crippen LogP contribution in [0.15, 0.2) is 18.2 Å². The van der Waals surface area contributed by atoms with Gasteiger partial charge in [0.1, 0.15) is 18.5 Å². The Bertz CT molecular complexity index is 551. The highest BCUT2D eigenvalue weighted by atomic mass is 19.3. The molecule has 1 aromatic rings. The Morgan fingerprint density at radius 3 is 2.59 bits per heavy atom. The van der Waals surface area contributed by atoms with Crippen molar-refractivity contribution >= 4 is 5.69 Å². The lowest BCUT2D eigenvalue weighted by Crippen LogP contribution is -2.51. The van der Waals surface area contributed by atoms with Crippen LogP contribution in [0.4, 0.5) is 18.9 Å². The summed E-state index contributed by atoms with van der Waals surface area (Å²) < 4.78 is 42.3. The molecule has 0 aliphatic carbocycles. The van der Waals surface area contributed by atoms with Crippen LogP contribution in [0.3, 0.4) is 0 Å². The van der Waals surface area contributed by atoms with E-state index in [9.17, 15) is 23.3 Å². The number of nitrogens with one attached hydrogen (secondary N) is 1. The third-order valence-corrected chi connectivity index (χ3v) is 3.61. The first-order valence-corrected chi connectivity index (χ1v) is 6.74. The zero-order chi connectivity index (χ0) is 16.3. The summed E-state index contributed by atoms with van der Waals surface area (Å²) >= 11 is 0. The summed E-state index contributed by atoms with van der Waals surface area (Å²) in [4.78, 5) is 11.4. The molecule has 6 nitrogen and oxygen atoms in total. The molecule has 0 aromatic heterocycles. The van der Waals surface area contributed by atoms with Crippen LogP contribution in [-0.2, 0) is 0 Å². The van der Waals surface area contributed by atoms with Crippen LogP contribution < -0.4 is 5.32 Å². The van der Waals surface area contributed by atoms with Crippen LogP contribution in [-0.4, -0.2) is 53.6 Å². The zero-order valence-corrected chi connectivity index (χ0v) is 11.6. The van der Waals surface area contributed by atoms with E-state index < -0.39 is 40.6 Å². The molecule has 0 radical (unpaired) electrons. The number of halogens is 3. The third-order valence-electron chi connectivity index (χ3n) is 3.61. The Balaban J connectivity index is 2.48. The number of hydrogen-bond acceptors (Lipinski definition) is 5. The van der Waals surface area contributed by atoms with Crippen LogP contribution in [0.2, 0.25) is 0 Å². The topological polar surface area (TPSA) is 78.6 Å². The van der Waals surface area contributed by atoms with Crippen LogP contribution in [0.25, 0.3) is 0 Å². The van der Waals surface area contributed by atoms with Gasteiger partial charge in [0.25, 0.3) is 11.6 Å². The number of rotatable bonds is 5. The molecule has 0 unspecified atom stereocenters. The average molecular weight is 319 g/mol. The SMILES string of the molecule is O=[N+]([O-])c1ccc(F)c([C@H](N2CCNCC2)C(F)(F)CO)c1. The fraction of sp³-hybridized carbons (Fsp3) is 0.538. The second-order valence-electron chi connectivity index (χ2n) is 5.07. The summed E-state index contributed by atoms with van der Waals surface area (Å²) in [5, 5.41) is 22.8. The Morgan fingerprint density at radius 2 is 2.05 bits per heavy atom. The first-order valence-electron chi connectivity index (χ1n) is 6.74. The maximum absolute atomic E-state index is 14.2. The third kappa shape index (κ3) is 3.37. The molecule has 0 amide bonds. The summed E-state index contributed by atoms with van der Waals surface area (Å²) in [6, 6.07) is 0.784. The Labute approximate surface area is 124 Å². The predicted octanol–water partition coefficient (Wildman–Crippen LogP) is 1.31. The second-order valence-corrected chi connectivity index (χ2v) is 5.07. The number of benzene rings is 1. The number of aliphatic hydroxyl groups excluding tert-OH is 1. The smallest absolute Gasteiger partial charge is 0.290 e. The summed E-state index contributed by atoms with van der Waals surface area (Å²) in [5.41, 5.74) is -0.944. The minimum Gasteiger partial charge on any atom is -0.390 e. The van der Waals surface area contributed by atoms with Gasteiger partial charge >= 0.3 is 0 Å². The van der Waals surface area contributed by atoms with Gasteiger partial charge in [-0.15, -0.1) is 0 Å².